The molecule has 1 aromatic rings. The van der Waals surface area contributed by atoms with Gasteiger partial charge in [0.15, 0.2) is 6.29 Å². The first kappa shape index (κ1) is 11.7. The van der Waals surface area contributed by atoms with Gasteiger partial charge in [0.05, 0.1) is 5.56 Å². The van der Waals surface area contributed by atoms with Gasteiger partial charge in [-0.3, -0.25) is 4.79 Å². The molecule has 0 amide bonds. The van der Waals surface area contributed by atoms with E-state index in [2.05, 4.69) is 31.9 Å². The maximum atomic E-state index is 12.4. The van der Waals surface area contributed by atoms with Crippen molar-refractivity contribution in [2.75, 3.05) is 0 Å². The molecule has 1 nitrogen and oxygen atoms in total. The van der Waals surface area contributed by atoms with Crippen molar-refractivity contribution in [1.29, 1.82) is 0 Å². The molecule has 0 bridgehead atoms. The number of alkyl halides is 3. The smallest absolute Gasteiger partial charge is 0.298 e. The normalized spacial score (nSPS) is 11.5. The number of hydrogen-bond donors (Lipinski definition) is 0. The predicted molar refractivity (Wildman–Crippen MR) is 52.2 cm³/mol. The molecule has 6 heteroatoms. The number of carbonyl (C=O) groups excluding carboxylic acids is 1. The van der Waals surface area contributed by atoms with Crippen molar-refractivity contribution in [3.05, 3.63) is 32.2 Å². The van der Waals surface area contributed by atoms with E-state index in [9.17, 15) is 18.0 Å². The van der Waals surface area contributed by atoms with Gasteiger partial charge in [0, 0.05) is 14.5 Å². The monoisotopic (exact) mass is 330 g/mol. The molecule has 0 unspecified atom stereocenters. The van der Waals surface area contributed by atoms with Crippen molar-refractivity contribution >= 4 is 38.1 Å². The average molecular weight is 332 g/mol. The Morgan fingerprint density at radius 1 is 1.21 bits per heavy atom. The molecule has 0 aliphatic carbocycles. The minimum Gasteiger partial charge on any atom is -0.298 e. The van der Waals surface area contributed by atoms with Gasteiger partial charge in [-0.1, -0.05) is 0 Å². The van der Waals surface area contributed by atoms with E-state index in [-0.39, 0.29) is 10.8 Å². The second-order valence-corrected chi connectivity index (χ2v) is 4.09. The molecule has 1 rings (SSSR count). The highest BCUT2D eigenvalue weighted by Gasteiger charge is 2.34. The Morgan fingerprint density at radius 2 is 1.79 bits per heavy atom. The van der Waals surface area contributed by atoms with E-state index < -0.39 is 17.3 Å². The summed E-state index contributed by atoms with van der Waals surface area (Å²) in [5, 5.41) is 0. The number of aldehydes is 1. The van der Waals surface area contributed by atoms with Crippen molar-refractivity contribution in [3.63, 3.8) is 0 Å². The maximum absolute atomic E-state index is 12.4. The molecule has 14 heavy (non-hydrogen) atoms. The van der Waals surface area contributed by atoms with Gasteiger partial charge >= 0.3 is 6.18 Å². The molecule has 0 atom stereocenters. The van der Waals surface area contributed by atoms with Crippen LogP contribution in [0.5, 0.6) is 0 Å². The Morgan fingerprint density at radius 3 is 2.21 bits per heavy atom. The quantitative estimate of drug-likeness (QED) is 0.710. The highest BCUT2D eigenvalue weighted by molar-refractivity contribution is 9.13. The summed E-state index contributed by atoms with van der Waals surface area (Å²) in [5.41, 5.74) is -1.34. The molecule has 0 spiro atoms. The standard InChI is InChI=1S/C8H3Br2F3O/c9-6-2-1-5(8(11,12)13)4(3-14)7(6)10/h1-3H. The number of carbonyl (C=O) groups is 1. The Kier molecular flexibility index (Phi) is 3.36. The molecular weight excluding hydrogens is 329 g/mol. The van der Waals surface area contributed by atoms with E-state index in [1.54, 1.807) is 0 Å². The van der Waals surface area contributed by atoms with Gasteiger partial charge in [-0.25, -0.2) is 0 Å². The van der Waals surface area contributed by atoms with E-state index in [1.165, 1.54) is 6.07 Å². The molecule has 0 saturated carbocycles. The first-order valence-corrected chi connectivity index (χ1v) is 4.97. The molecule has 1 aromatic carbocycles. The van der Waals surface area contributed by atoms with Gasteiger partial charge in [-0.2, -0.15) is 13.2 Å². The second-order valence-electron chi connectivity index (χ2n) is 2.44. The number of halogens is 5. The van der Waals surface area contributed by atoms with Crippen LogP contribution in [-0.4, -0.2) is 6.29 Å². The van der Waals surface area contributed by atoms with Gasteiger partial charge in [0.25, 0.3) is 0 Å². The largest absolute Gasteiger partial charge is 0.417 e. The van der Waals surface area contributed by atoms with Crippen LogP contribution in [0, 0.1) is 0 Å². The zero-order valence-corrected chi connectivity index (χ0v) is 9.70. The van der Waals surface area contributed by atoms with E-state index in [1.807, 2.05) is 0 Å². The molecule has 0 heterocycles. The summed E-state index contributed by atoms with van der Waals surface area (Å²) >= 11 is 5.92. The predicted octanol–water partition coefficient (Wildman–Crippen LogP) is 4.04. The Bertz CT molecular complexity index is 374. The molecule has 0 aliphatic heterocycles. The van der Waals surface area contributed by atoms with Gasteiger partial charge < -0.3 is 0 Å². The minimum atomic E-state index is -4.51. The topological polar surface area (TPSA) is 17.1 Å². The molecule has 0 radical (unpaired) electrons. The zero-order chi connectivity index (χ0) is 10.9. The fraction of sp³-hybridized carbons (Fsp3) is 0.125. The van der Waals surface area contributed by atoms with Crippen LogP contribution in [0.1, 0.15) is 15.9 Å². The van der Waals surface area contributed by atoms with Crippen molar-refractivity contribution in [2.24, 2.45) is 0 Å². The third kappa shape index (κ3) is 2.17. The van der Waals surface area contributed by atoms with Crippen LogP contribution in [0.15, 0.2) is 21.1 Å². The summed E-state index contributed by atoms with van der Waals surface area (Å²) in [6.07, 6.45) is -4.34. The molecule has 0 aromatic heterocycles. The van der Waals surface area contributed by atoms with Gasteiger partial charge in [0.1, 0.15) is 0 Å². The zero-order valence-electron chi connectivity index (χ0n) is 6.53. The maximum Gasteiger partial charge on any atom is 0.417 e. The first-order valence-electron chi connectivity index (χ1n) is 3.38. The molecule has 0 fully saturated rings. The van der Waals surface area contributed by atoms with E-state index in [4.69, 9.17) is 0 Å². The van der Waals surface area contributed by atoms with Crippen LogP contribution in [0.4, 0.5) is 13.2 Å². The third-order valence-corrected chi connectivity index (χ3v) is 3.60. The van der Waals surface area contributed by atoms with Crippen LogP contribution in [-0.2, 0) is 6.18 Å². The van der Waals surface area contributed by atoms with Crippen LogP contribution in [0.2, 0.25) is 0 Å². The minimum absolute atomic E-state index is 0.113. The molecule has 76 valence electrons. The number of benzene rings is 1. The van der Waals surface area contributed by atoms with Crippen LogP contribution >= 0.6 is 31.9 Å². The highest BCUT2D eigenvalue weighted by Crippen LogP contribution is 2.37. The lowest BCUT2D eigenvalue weighted by Gasteiger charge is -2.11. The highest BCUT2D eigenvalue weighted by atomic mass is 79.9. The van der Waals surface area contributed by atoms with Crippen LogP contribution in [0.25, 0.3) is 0 Å². The molecule has 0 N–H and O–H groups in total. The van der Waals surface area contributed by atoms with Crippen molar-refractivity contribution < 1.29 is 18.0 Å². The molecular formula is C8H3Br2F3O. The Labute approximate surface area is 94.6 Å². The Balaban J connectivity index is 3.47. The summed E-state index contributed by atoms with van der Waals surface area (Å²) in [6, 6.07) is 2.10. The molecule has 0 saturated heterocycles. The molecule has 0 aliphatic rings. The van der Waals surface area contributed by atoms with Crippen LogP contribution in [0.3, 0.4) is 0 Å². The van der Waals surface area contributed by atoms with Crippen molar-refractivity contribution in [3.8, 4) is 0 Å². The van der Waals surface area contributed by atoms with Gasteiger partial charge in [-0.15, -0.1) is 0 Å². The van der Waals surface area contributed by atoms with Gasteiger partial charge in [-0.05, 0) is 44.0 Å². The third-order valence-electron chi connectivity index (χ3n) is 1.56. The Hall–Kier alpha value is -0.360. The average Bonchev–Trinajstić information content (AvgIpc) is 2.07. The van der Waals surface area contributed by atoms with E-state index in [0.717, 1.165) is 6.07 Å². The fourth-order valence-corrected chi connectivity index (χ4v) is 1.71. The van der Waals surface area contributed by atoms with E-state index >= 15 is 0 Å². The summed E-state index contributed by atoms with van der Waals surface area (Å²) in [4.78, 5) is 10.5. The van der Waals surface area contributed by atoms with Crippen molar-refractivity contribution in [2.45, 2.75) is 6.18 Å². The number of rotatable bonds is 1. The lowest BCUT2D eigenvalue weighted by molar-refractivity contribution is -0.137. The lowest BCUT2D eigenvalue weighted by atomic mass is 10.1. The first-order chi connectivity index (χ1) is 6.38. The van der Waals surface area contributed by atoms with Gasteiger partial charge in [0.2, 0.25) is 0 Å². The number of hydrogen-bond acceptors (Lipinski definition) is 1. The lowest BCUT2D eigenvalue weighted by Crippen LogP contribution is -2.09. The van der Waals surface area contributed by atoms with Crippen molar-refractivity contribution in [1.82, 2.24) is 0 Å². The second kappa shape index (κ2) is 4.02. The fourth-order valence-electron chi connectivity index (χ4n) is 0.929. The van der Waals surface area contributed by atoms with E-state index in [0.29, 0.717) is 4.47 Å². The summed E-state index contributed by atoms with van der Waals surface area (Å²) in [7, 11) is 0. The van der Waals surface area contributed by atoms with Crippen LogP contribution < -0.4 is 0 Å². The SMILES string of the molecule is O=Cc1c(C(F)(F)F)ccc(Br)c1Br. The summed E-state index contributed by atoms with van der Waals surface area (Å²) in [5.74, 6) is 0. The summed E-state index contributed by atoms with van der Waals surface area (Å²) in [6.45, 7) is 0. The summed E-state index contributed by atoms with van der Waals surface area (Å²) < 4.78 is 37.6.